The van der Waals surface area contributed by atoms with Crippen molar-refractivity contribution in [3.63, 3.8) is 0 Å². The molecule has 0 amide bonds. The van der Waals surface area contributed by atoms with Crippen molar-refractivity contribution in [2.24, 2.45) is 0 Å². The molecule has 0 spiro atoms. The molecule has 1 fully saturated rings. The molecule has 112 valence electrons. The minimum absolute atomic E-state index is 0.154. The van der Waals surface area contributed by atoms with Crippen LogP contribution in [-0.2, 0) is 10.0 Å². The topological polar surface area (TPSA) is 69.6 Å². The largest absolute Gasteiger partial charge is 0.390 e. The van der Waals surface area contributed by atoms with E-state index in [1.54, 1.807) is 0 Å². The molecule has 1 aliphatic rings. The molecule has 0 aromatic heterocycles. The molecule has 0 aliphatic carbocycles. The first-order valence-corrected chi connectivity index (χ1v) is 7.20. The van der Waals surface area contributed by atoms with Gasteiger partial charge in [0.2, 0.25) is 10.0 Å². The van der Waals surface area contributed by atoms with Gasteiger partial charge < -0.3 is 10.4 Å². The summed E-state index contributed by atoms with van der Waals surface area (Å²) in [4.78, 5) is -1.22. The Morgan fingerprint density at radius 2 is 1.80 bits per heavy atom. The fourth-order valence-corrected chi connectivity index (χ4v) is 3.59. The second kappa shape index (κ2) is 5.32. The van der Waals surface area contributed by atoms with Crippen LogP contribution in [0.5, 0.6) is 0 Å². The third-order valence-electron chi connectivity index (χ3n) is 3.22. The highest BCUT2D eigenvalue weighted by Crippen LogP contribution is 2.25. The molecule has 0 radical (unpaired) electrons. The number of halogens is 3. The number of benzene rings is 1. The highest BCUT2D eigenvalue weighted by Gasteiger charge is 2.38. The smallest absolute Gasteiger partial charge is 0.249 e. The number of hydrogen-bond acceptors (Lipinski definition) is 4. The highest BCUT2D eigenvalue weighted by molar-refractivity contribution is 7.89. The van der Waals surface area contributed by atoms with E-state index in [1.165, 1.54) is 0 Å². The lowest BCUT2D eigenvalue weighted by Gasteiger charge is -2.25. The maximum atomic E-state index is 13.6. The molecule has 2 N–H and O–H groups in total. The van der Waals surface area contributed by atoms with E-state index in [4.69, 9.17) is 0 Å². The lowest BCUT2D eigenvalue weighted by Crippen LogP contribution is -2.44. The molecular formula is C11H13F3N2O3S. The molecule has 9 heteroatoms. The highest BCUT2D eigenvalue weighted by atomic mass is 32.2. The van der Waals surface area contributed by atoms with Gasteiger partial charge in [0.25, 0.3) is 0 Å². The van der Waals surface area contributed by atoms with Crippen molar-refractivity contribution in [3.8, 4) is 0 Å². The van der Waals surface area contributed by atoms with Crippen molar-refractivity contribution in [2.45, 2.75) is 17.0 Å². The minimum atomic E-state index is -4.52. The third kappa shape index (κ3) is 2.53. The summed E-state index contributed by atoms with van der Waals surface area (Å²) in [6.07, 6.45) is -0.985. The van der Waals surface area contributed by atoms with Crippen LogP contribution >= 0.6 is 0 Å². The van der Waals surface area contributed by atoms with Gasteiger partial charge in [-0.15, -0.1) is 0 Å². The second-order valence-electron chi connectivity index (χ2n) is 4.51. The Morgan fingerprint density at radius 1 is 1.25 bits per heavy atom. The van der Waals surface area contributed by atoms with Gasteiger partial charge in [-0.25, -0.2) is 21.6 Å². The first-order valence-electron chi connectivity index (χ1n) is 5.76. The van der Waals surface area contributed by atoms with Crippen LogP contribution in [0.15, 0.2) is 17.0 Å². The summed E-state index contributed by atoms with van der Waals surface area (Å²) in [5.74, 6) is -4.21. The number of nitrogens with zero attached hydrogens (tertiary/aromatic N) is 1. The van der Waals surface area contributed by atoms with Crippen LogP contribution in [-0.4, -0.2) is 50.1 Å². The molecule has 2 rings (SSSR count). The number of hydrogen-bond donors (Lipinski definition) is 2. The molecule has 2 atom stereocenters. The van der Waals surface area contributed by atoms with Crippen molar-refractivity contribution >= 4 is 10.0 Å². The number of β-amino-alcohol motifs (C(OH)–C–C–N with tert-alkyl or cyclic N) is 1. The molecule has 20 heavy (non-hydrogen) atoms. The van der Waals surface area contributed by atoms with Crippen molar-refractivity contribution in [1.82, 2.24) is 9.62 Å². The summed E-state index contributed by atoms with van der Waals surface area (Å²) >= 11 is 0. The van der Waals surface area contributed by atoms with Crippen LogP contribution in [0.1, 0.15) is 0 Å². The van der Waals surface area contributed by atoms with E-state index in [2.05, 4.69) is 5.32 Å². The van der Waals surface area contributed by atoms with Crippen LogP contribution in [0.2, 0.25) is 0 Å². The van der Waals surface area contributed by atoms with E-state index in [1.807, 2.05) is 0 Å². The number of sulfonamides is 1. The quantitative estimate of drug-likeness (QED) is 0.828. The normalized spacial score (nSPS) is 23.5. The average molecular weight is 310 g/mol. The van der Waals surface area contributed by atoms with Gasteiger partial charge in [-0.05, 0) is 0 Å². The van der Waals surface area contributed by atoms with Crippen molar-refractivity contribution in [2.75, 3.05) is 20.1 Å². The second-order valence-corrected chi connectivity index (χ2v) is 6.45. The fraction of sp³-hybridized carbons (Fsp3) is 0.455. The molecule has 0 saturated carbocycles. The first-order chi connectivity index (χ1) is 9.25. The Bertz CT molecular complexity index is 600. The summed E-state index contributed by atoms with van der Waals surface area (Å²) in [5, 5.41) is 12.4. The van der Waals surface area contributed by atoms with Crippen LogP contribution < -0.4 is 5.32 Å². The lowest BCUT2D eigenvalue weighted by molar-refractivity contribution is 0.136. The van der Waals surface area contributed by atoms with Crippen molar-refractivity contribution < 1.29 is 26.7 Å². The van der Waals surface area contributed by atoms with E-state index in [9.17, 15) is 26.7 Å². The van der Waals surface area contributed by atoms with Crippen LogP contribution in [0.3, 0.4) is 0 Å². The van der Waals surface area contributed by atoms with E-state index in [0.717, 1.165) is 7.05 Å². The summed E-state index contributed by atoms with van der Waals surface area (Å²) in [7, 11) is -3.41. The predicted molar refractivity (Wildman–Crippen MR) is 63.9 cm³/mol. The fourth-order valence-electron chi connectivity index (χ4n) is 2.12. The van der Waals surface area contributed by atoms with Crippen LogP contribution in [0.25, 0.3) is 0 Å². The molecule has 1 aliphatic heterocycles. The lowest BCUT2D eigenvalue weighted by atomic mass is 10.2. The van der Waals surface area contributed by atoms with Gasteiger partial charge in [0.15, 0.2) is 4.90 Å². The van der Waals surface area contributed by atoms with Gasteiger partial charge in [-0.3, -0.25) is 0 Å². The van der Waals surface area contributed by atoms with E-state index in [-0.39, 0.29) is 13.1 Å². The SMILES string of the molecule is CN([C@H]1CNC[C@@H]1O)S(=O)(=O)c1c(F)cc(F)cc1F. The Labute approximate surface area is 114 Å². The van der Waals surface area contributed by atoms with Gasteiger partial charge in [0, 0.05) is 32.3 Å². The molecule has 1 aromatic rings. The van der Waals surface area contributed by atoms with Crippen molar-refractivity contribution in [1.29, 1.82) is 0 Å². The van der Waals surface area contributed by atoms with Gasteiger partial charge >= 0.3 is 0 Å². The Hall–Kier alpha value is -1.16. The van der Waals surface area contributed by atoms with Gasteiger partial charge in [0.1, 0.15) is 17.5 Å². The standard InChI is InChI=1S/C11H13F3N2O3S/c1-16(9-4-15-5-10(9)17)20(18,19)11-7(13)2-6(12)3-8(11)14/h2-3,9-10,15,17H,4-5H2,1H3/t9-,10-/m0/s1. The number of nitrogens with one attached hydrogen (secondary N) is 1. The maximum Gasteiger partial charge on any atom is 0.249 e. The monoisotopic (exact) mass is 310 g/mol. The zero-order valence-electron chi connectivity index (χ0n) is 10.5. The summed E-state index contributed by atoms with van der Waals surface area (Å²) in [5.41, 5.74) is 0. The molecule has 1 heterocycles. The maximum absolute atomic E-state index is 13.6. The molecule has 1 saturated heterocycles. The van der Waals surface area contributed by atoms with Gasteiger partial charge in [-0.2, -0.15) is 4.31 Å². The molecular weight excluding hydrogens is 297 g/mol. The Morgan fingerprint density at radius 3 is 2.25 bits per heavy atom. The predicted octanol–water partition coefficient (Wildman–Crippen LogP) is 0.0571. The van der Waals surface area contributed by atoms with Crippen LogP contribution in [0.4, 0.5) is 13.2 Å². The van der Waals surface area contributed by atoms with E-state index in [0.29, 0.717) is 16.4 Å². The summed E-state index contributed by atoms with van der Waals surface area (Å²) < 4.78 is 65.1. The summed E-state index contributed by atoms with van der Waals surface area (Å²) in [6, 6.07) is -0.246. The molecule has 0 bridgehead atoms. The van der Waals surface area contributed by atoms with Gasteiger partial charge in [0.05, 0.1) is 12.1 Å². The number of likely N-dealkylation sites (N-methyl/N-ethyl adjacent to an activating group) is 1. The first kappa shape index (κ1) is 15.2. The Kier molecular flexibility index (Phi) is 4.05. The number of aliphatic hydroxyl groups is 1. The number of rotatable bonds is 3. The zero-order chi connectivity index (χ0) is 15.1. The minimum Gasteiger partial charge on any atom is -0.390 e. The van der Waals surface area contributed by atoms with E-state index < -0.39 is 44.5 Å². The summed E-state index contributed by atoms with van der Waals surface area (Å²) in [6.45, 7) is 0.334. The molecule has 5 nitrogen and oxygen atoms in total. The number of aliphatic hydroxyl groups excluding tert-OH is 1. The third-order valence-corrected chi connectivity index (χ3v) is 5.15. The van der Waals surface area contributed by atoms with Crippen molar-refractivity contribution in [3.05, 3.63) is 29.6 Å². The van der Waals surface area contributed by atoms with Crippen LogP contribution in [0, 0.1) is 17.5 Å². The van der Waals surface area contributed by atoms with E-state index >= 15 is 0 Å². The zero-order valence-corrected chi connectivity index (χ0v) is 11.3. The average Bonchev–Trinajstić information content (AvgIpc) is 2.72. The molecule has 0 unspecified atom stereocenters. The van der Waals surface area contributed by atoms with Gasteiger partial charge in [-0.1, -0.05) is 0 Å². The Balaban J connectivity index is 2.45. The molecule has 1 aromatic carbocycles.